The van der Waals surface area contributed by atoms with Gasteiger partial charge >= 0.3 is 0 Å². The second-order valence-corrected chi connectivity index (χ2v) is 9.79. The number of carbonyl (C=O) groups is 1. The summed E-state index contributed by atoms with van der Waals surface area (Å²) in [5.74, 6) is 0.255. The molecule has 1 aromatic heterocycles. The lowest BCUT2D eigenvalue weighted by molar-refractivity contribution is -0.122. The molecule has 9 heteroatoms. The molecule has 198 valence electrons. The molecule has 2 aliphatic rings. The van der Waals surface area contributed by atoms with E-state index in [9.17, 15) is 9.18 Å². The van der Waals surface area contributed by atoms with Crippen molar-refractivity contribution in [3.05, 3.63) is 41.7 Å². The van der Waals surface area contributed by atoms with Gasteiger partial charge in [-0.25, -0.2) is 0 Å². The van der Waals surface area contributed by atoms with E-state index in [1.807, 2.05) is 32.0 Å². The number of hydrogen-bond acceptors (Lipinski definition) is 7. The summed E-state index contributed by atoms with van der Waals surface area (Å²) in [5.41, 5.74) is 3.13. The van der Waals surface area contributed by atoms with Crippen LogP contribution in [0, 0.1) is 11.7 Å². The molecule has 2 N–H and O–H groups in total. The first-order chi connectivity index (χ1) is 18.0. The monoisotopic (exact) mass is 510 g/mol. The Bertz CT molecular complexity index is 1210. The molecule has 0 spiro atoms. The molecule has 0 atom stereocenters. The highest BCUT2D eigenvalue weighted by molar-refractivity contribution is 5.94. The van der Waals surface area contributed by atoms with Gasteiger partial charge in [-0.2, -0.15) is 9.37 Å². The number of oxazole rings is 1. The minimum absolute atomic E-state index is 0.0862. The Labute approximate surface area is 216 Å². The first-order valence-corrected chi connectivity index (χ1v) is 13.3. The Morgan fingerprint density at radius 3 is 2.41 bits per heavy atom. The minimum atomic E-state index is -0.443. The van der Waals surface area contributed by atoms with Gasteiger partial charge < -0.3 is 24.5 Å². The summed E-state index contributed by atoms with van der Waals surface area (Å²) in [6.07, 6.45) is 4.93. The highest BCUT2D eigenvalue weighted by atomic mass is 19.1. The zero-order valence-corrected chi connectivity index (χ0v) is 21.5. The summed E-state index contributed by atoms with van der Waals surface area (Å²) in [5, 5.41) is 6.42. The van der Waals surface area contributed by atoms with Crippen LogP contribution in [0.4, 0.5) is 16.1 Å². The van der Waals surface area contributed by atoms with E-state index in [1.54, 1.807) is 12.1 Å². The number of carbonyl (C=O) groups excluding carboxylic acids is 1. The van der Waals surface area contributed by atoms with E-state index in [4.69, 9.17) is 13.9 Å². The lowest BCUT2D eigenvalue weighted by atomic mass is 9.85. The van der Waals surface area contributed by atoms with Crippen LogP contribution in [0.25, 0.3) is 11.1 Å². The van der Waals surface area contributed by atoms with Crippen molar-refractivity contribution in [3.8, 4) is 11.5 Å². The molecule has 1 amide bonds. The van der Waals surface area contributed by atoms with E-state index in [1.165, 1.54) is 0 Å². The third kappa shape index (κ3) is 5.98. The number of benzene rings is 2. The number of fused-ring (bicyclic) bond motifs is 1. The Balaban J connectivity index is 1.16. The van der Waals surface area contributed by atoms with Crippen molar-refractivity contribution in [2.24, 2.45) is 5.92 Å². The fourth-order valence-electron chi connectivity index (χ4n) is 4.89. The van der Waals surface area contributed by atoms with Gasteiger partial charge in [0, 0.05) is 37.3 Å². The van der Waals surface area contributed by atoms with Crippen molar-refractivity contribution in [1.29, 1.82) is 0 Å². The van der Waals surface area contributed by atoms with Gasteiger partial charge in [-0.05, 0) is 75.4 Å². The van der Waals surface area contributed by atoms with Crippen molar-refractivity contribution < 1.29 is 23.1 Å². The number of ether oxygens (including phenoxy) is 2. The van der Waals surface area contributed by atoms with Gasteiger partial charge in [-0.1, -0.05) is 6.42 Å². The van der Waals surface area contributed by atoms with Gasteiger partial charge in [0.25, 0.3) is 6.01 Å². The summed E-state index contributed by atoms with van der Waals surface area (Å²) in [6, 6.07) is 9.85. The van der Waals surface area contributed by atoms with E-state index < -0.39 is 5.82 Å². The van der Waals surface area contributed by atoms with E-state index in [-0.39, 0.29) is 29.4 Å². The van der Waals surface area contributed by atoms with Gasteiger partial charge in [0.1, 0.15) is 5.52 Å². The molecular weight excluding hydrogens is 475 g/mol. The number of nitrogens with zero attached hydrogens (tertiary/aromatic N) is 2. The molecule has 8 nitrogen and oxygen atoms in total. The van der Waals surface area contributed by atoms with Crippen LogP contribution < -0.4 is 20.1 Å². The van der Waals surface area contributed by atoms with Gasteiger partial charge in [0.05, 0.1) is 13.2 Å². The number of hydrogen-bond donors (Lipinski definition) is 2. The molecule has 1 aliphatic heterocycles. The topological polar surface area (TPSA) is 88.9 Å². The molecule has 0 radical (unpaired) electrons. The molecule has 2 heterocycles. The first kappa shape index (κ1) is 25.3. The minimum Gasteiger partial charge on any atom is -0.491 e. The van der Waals surface area contributed by atoms with Crippen molar-refractivity contribution in [2.45, 2.75) is 58.5 Å². The predicted molar refractivity (Wildman–Crippen MR) is 141 cm³/mol. The Morgan fingerprint density at radius 2 is 1.78 bits per heavy atom. The normalized spacial score (nSPS) is 16.9. The average molecular weight is 511 g/mol. The van der Waals surface area contributed by atoms with Crippen LogP contribution in [0.2, 0.25) is 0 Å². The standard InChI is InChI=1S/C28H35FN4O4/c1-3-35-24-14-18(15-25(26(24)29)36-4-2)17-33-12-10-20(11-13-33)31-28-32-22-16-21(8-9-23(22)37-28)30-27(34)19-6-5-7-19/h8-9,14-16,19-20H,3-7,10-13,17H2,1-2H3,(H,30,34)(H,31,32). The van der Waals surface area contributed by atoms with Crippen LogP contribution in [-0.4, -0.2) is 48.1 Å². The second-order valence-electron chi connectivity index (χ2n) is 9.79. The predicted octanol–water partition coefficient (Wildman–Crippen LogP) is 5.58. The zero-order chi connectivity index (χ0) is 25.8. The molecule has 1 saturated carbocycles. The second kappa shape index (κ2) is 11.4. The molecule has 3 aromatic rings. The van der Waals surface area contributed by atoms with Crippen molar-refractivity contribution in [3.63, 3.8) is 0 Å². The van der Waals surface area contributed by atoms with Crippen molar-refractivity contribution >= 4 is 28.7 Å². The molecule has 1 aliphatic carbocycles. The fraction of sp³-hybridized carbons (Fsp3) is 0.500. The van der Waals surface area contributed by atoms with Gasteiger partial charge in [0.15, 0.2) is 17.1 Å². The molecule has 5 rings (SSSR count). The SMILES string of the molecule is CCOc1cc(CN2CCC(Nc3nc4cc(NC(=O)C5CCC5)ccc4o3)CC2)cc(OCC)c1F. The smallest absolute Gasteiger partial charge is 0.295 e. The summed E-state index contributed by atoms with van der Waals surface area (Å²) < 4.78 is 31.4. The third-order valence-corrected chi connectivity index (χ3v) is 7.12. The van der Waals surface area contributed by atoms with Gasteiger partial charge in [-0.15, -0.1) is 0 Å². The van der Waals surface area contributed by atoms with Crippen LogP contribution in [0.5, 0.6) is 11.5 Å². The molecule has 0 unspecified atom stereocenters. The van der Waals surface area contributed by atoms with Gasteiger partial charge in [-0.3, -0.25) is 9.69 Å². The number of amides is 1. The first-order valence-electron chi connectivity index (χ1n) is 13.3. The summed E-state index contributed by atoms with van der Waals surface area (Å²) in [4.78, 5) is 19.2. The Morgan fingerprint density at radius 1 is 1.08 bits per heavy atom. The van der Waals surface area contributed by atoms with E-state index in [2.05, 4.69) is 20.5 Å². The number of likely N-dealkylation sites (tertiary alicyclic amines) is 1. The number of halogens is 1. The maximum atomic E-state index is 14.6. The molecular formula is C28H35FN4O4. The average Bonchev–Trinajstić information content (AvgIpc) is 3.24. The maximum Gasteiger partial charge on any atom is 0.295 e. The number of piperidine rings is 1. The largest absolute Gasteiger partial charge is 0.491 e. The summed E-state index contributed by atoms with van der Waals surface area (Å²) >= 11 is 0. The van der Waals surface area contributed by atoms with Crippen LogP contribution in [0.1, 0.15) is 51.5 Å². The molecule has 2 fully saturated rings. The number of anilines is 2. The highest BCUT2D eigenvalue weighted by Crippen LogP contribution is 2.31. The van der Waals surface area contributed by atoms with Crippen LogP contribution in [0.3, 0.4) is 0 Å². The summed E-state index contributed by atoms with van der Waals surface area (Å²) in [6.45, 7) is 6.96. The van der Waals surface area contributed by atoms with Crippen molar-refractivity contribution in [2.75, 3.05) is 36.9 Å². The zero-order valence-electron chi connectivity index (χ0n) is 21.5. The van der Waals surface area contributed by atoms with E-state index in [0.717, 1.165) is 62.0 Å². The van der Waals surface area contributed by atoms with Crippen LogP contribution in [0.15, 0.2) is 34.7 Å². The molecule has 0 bridgehead atoms. The van der Waals surface area contributed by atoms with Crippen molar-refractivity contribution in [1.82, 2.24) is 9.88 Å². The van der Waals surface area contributed by atoms with E-state index >= 15 is 0 Å². The quantitative estimate of drug-likeness (QED) is 0.368. The number of nitrogens with one attached hydrogen (secondary N) is 2. The van der Waals surface area contributed by atoms with Crippen LogP contribution >= 0.6 is 0 Å². The fourth-order valence-corrected chi connectivity index (χ4v) is 4.89. The Kier molecular flexibility index (Phi) is 7.79. The molecule has 1 saturated heterocycles. The maximum absolute atomic E-state index is 14.6. The Hall–Kier alpha value is -3.33. The van der Waals surface area contributed by atoms with Gasteiger partial charge in [0.2, 0.25) is 11.7 Å². The lowest BCUT2D eigenvalue weighted by Crippen LogP contribution is -2.38. The lowest BCUT2D eigenvalue weighted by Gasteiger charge is -2.32. The number of rotatable bonds is 10. The highest BCUT2D eigenvalue weighted by Gasteiger charge is 2.25. The molecule has 37 heavy (non-hydrogen) atoms. The number of aromatic nitrogens is 1. The third-order valence-electron chi connectivity index (χ3n) is 7.12. The van der Waals surface area contributed by atoms with E-state index in [0.29, 0.717) is 31.4 Å². The van der Waals surface area contributed by atoms with Crippen LogP contribution in [-0.2, 0) is 11.3 Å². The summed E-state index contributed by atoms with van der Waals surface area (Å²) in [7, 11) is 0. The molecule has 2 aromatic carbocycles.